The molecule has 1 aromatic carbocycles. The highest BCUT2D eigenvalue weighted by atomic mass is 16.5. The molecular formula is C17H22O3. The Morgan fingerprint density at radius 3 is 2.65 bits per heavy atom. The standard InChI is InChI=1S/C17H22O3/c18-16(15-4-2-1-3-5-15)12-14-6-9-20-17(13-14)7-10-19-11-8-17/h1-5,14H,6-13H2. The predicted octanol–water partition coefficient (Wildman–Crippen LogP) is 3.24. The lowest BCUT2D eigenvalue weighted by atomic mass is 9.78. The van der Waals surface area contributed by atoms with Crippen molar-refractivity contribution in [2.45, 2.75) is 37.7 Å². The highest BCUT2D eigenvalue weighted by Gasteiger charge is 2.39. The molecular weight excluding hydrogens is 252 g/mol. The van der Waals surface area contributed by atoms with Crippen molar-refractivity contribution >= 4 is 5.78 Å². The Morgan fingerprint density at radius 1 is 1.15 bits per heavy atom. The van der Waals surface area contributed by atoms with Gasteiger partial charge in [-0.2, -0.15) is 0 Å². The largest absolute Gasteiger partial charge is 0.381 e. The normalized spacial score (nSPS) is 25.5. The van der Waals surface area contributed by atoms with Crippen LogP contribution < -0.4 is 0 Å². The van der Waals surface area contributed by atoms with Gasteiger partial charge in [-0.15, -0.1) is 0 Å². The van der Waals surface area contributed by atoms with Crippen LogP contribution in [0.25, 0.3) is 0 Å². The van der Waals surface area contributed by atoms with E-state index in [1.54, 1.807) is 0 Å². The maximum absolute atomic E-state index is 12.3. The summed E-state index contributed by atoms with van der Waals surface area (Å²) < 4.78 is 11.5. The van der Waals surface area contributed by atoms with E-state index in [2.05, 4.69) is 0 Å². The lowest BCUT2D eigenvalue weighted by molar-refractivity contribution is -0.146. The molecule has 20 heavy (non-hydrogen) atoms. The summed E-state index contributed by atoms with van der Waals surface area (Å²) >= 11 is 0. The molecule has 108 valence electrons. The predicted molar refractivity (Wildman–Crippen MR) is 76.8 cm³/mol. The van der Waals surface area contributed by atoms with Crippen molar-refractivity contribution in [2.75, 3.05) is 19.8 Å². The molecule has 1 spiro atoms. The van der Waals surface area contributed by atoms with Gasteiger partial charge in [0.2, 0.25) is 0 Å². The lowest BCUT2D eigenvalue weighted by Crippen LogP contribution is -2.44. The monoisotopic (exact) mass is 274 g/mol. The van der Waals surface area contributed by atoms with Crippen LogP contribution in [0.1, 0.15) is 42.5 Å². The third-order valence-corrected chi connectivity index (χ3v) is 4.57. The third-order valence-electron chi connectivity index (χ3n) is 4.57. The van der Waals surface area contributed by atoms with Gasteiger partial charge in [0, 0.05) is 31.8 Å². The average Bonchev–Trinajstić information content (AvgIpc) is 2.49. The fourth-order valence-electron chi connectivity index (χ4n) is 3.40. The molecule has 3 heteroatoms. The van der Waals surface area contributed by atoms with Crippen molar-refractivity contribution in [3.8, 4) is 0 Å². The van der Waals surface area contributed by atoms with E-state index in [4.69, 9.17) is 9.47 Å². The smallest absolute Gasteiger partial charge is 0.163 e. The number of Topliss-reactive ketones (excluding diaryl/α,β-unsaturated/α-hetero) is 1. The summed E-state index contributed by atoms with van der Waals surface area (Å²) in [4.78, 5) is 12.3. The molecule has 0 radical (unpaired) electrons. The number of ketones is 1. The van der Waals surface area contributed by atoms with E-state index in [1.165, 1.54) is 0 Å². The Bertz CT molecular complexity index is 443. The van der Waals surface area contributed by atoms with E-state index >= 15 is 0 Å². The van der Waals surface area contributed by atoms with Gasteiger partial charge in [-0.25, -0.2) is 0 Å². The average molecular weight is 274 g/mol. The van der Waals surface area contributed by atoms with Crippen LogP contribution in [0.4, 0.5) is 0 Å². The molecule has 1 aromatic rings. The molecule has 0 saturated carbocycles. The van der Waals surface area contributed by atoms with Crippen molar-refractivity contribution in [3.05, 3.63) is 35.9 Å². The fourth-order valence-corrected chi connectivity index (χ4v) is 3.40. The number of benzene rings is 1. The number of ether oxygens (including phenoxy) is 2. The highest BCUT2D eigenvalue weighted by molar-refractivity contribution is 5.96. The second-order valence-electron chi connectivity index (χ2n) is 6.00. The van der Waals surface area contributed by atoms with E-state index in [1.807, 2.05) is 30.3 Å². The third kappa shape index (κ3) is 3.10. The Hall–Kier alpha value is -1.19. The Kier molecular flexibility index (Phi) is 4.18. The number of carbonyl (C=O) groups excluding carboxylic acids is 1. The molecule has 0 aliphatic carbocycles. The molecule has 3 rings (SSSR count). The van der Waals surface area contributed by atoms with Crippen LogP contribution in [0.2, 0.25) is 0 Å². The summed E-state index contributed by atoms with van der Waals surface area (Å²) in [5.41, 5.74) is 0.818. The minimum Gasteiger partial charge on any atom is -0.381 e. The van der Waals surface area contributed by atoms with Crippen LogP contribution >= 0.6 is 0 Å². The van der Waals surface area contributed by atoms with Crippen LogP contribution in [0.15, 0.2) is 30.3 Å². The maximum Gasteiger partial charge on any atom is 0.163 e. The van der Waals surface area contributed by atoms with E-state index in [-0.39, 0.29) is 11.4 Å². The maximum atomic E-state index is 12.3. The van der Waals surface area contributed by atoms with Crippen molar-refractivity contribution in [1.29, 1.82) is 0 Å². The van der Waals surface area contributed by atoms with Gasteiger partial charge in [-0.3, -0.25) is 4.79 Å². The minimum absolute atomic E-state index is 0.0157. The zero-order valence-corrected chi connectivity index (χ0v) is 11.8. The quantitative estimate of drug-likeness (QED) is 0.794. The van der Waals surface area contributed by atoms with Crippen molar-refractivity contribution in [2.24, 2.45) is 5.92 Å². The van der Waals surface area contributed by atoms with E-state index in [0.29, 0.717) is 12.3 Å². The summed E-state index contributed by atoms with van der Waals surface area (Å²) in [5, 5.41) is 0. The Labute approximate surface area is 120 Å². The molecule has 0 bridgehead atoms. The molecule has 0 amide bonds. The minimum atomic E-state index is -0.0157. The Balaban J connectivity index is 1.61. The number of rotatable bonds is 3. The number of carbonyl (C=O) groups is 1. The van der Waals surface area contributed by atoms with Gasteiger partial charge in [0.1, 0.15) is 0 Å². The van der Waals surface area contributed by atoms with Gasteiger partial charge in [-0.05, 0) is 31.6 Å². The van der Waals surface area contributed by atoms with E-state index < -0.39 is 0 Å². The van der Waals surface area contributed by atoms with Gasteiger partial charge in [-0.1, -0.05) is 30.3 Å². The van der Waals surface area contributed by atoms with Gasteiger partial charge in [0.15, 0.2) is 5.78 Å². The summed E-state index contributed by atoms with van der Waals surface area (Å²) in [6.07, 6.45) is 4.61. The van der Waals surface area contributed by atoms with E-state index in [0.717, 1.165) is 51.1 Å². The first kappa shape index (κ1) is 13.8. The summed E-state index contributed by atoms with van der Waals surface area (Å²) in [6.45, 7) is 2.37. The van der Waals surface area contributed by atoms with Crippen molar-refractivity contribution in [1.82, 2.24) is 0 Å². The SMILES string of the molecule is O=C(CC1CCOC2(CCOCC2)C1)c1ccccc1. The van der Waals surface area contributed by atoms with Gasteiger partial charge in [0.05, 0.1) is 5.60 Å². The van der Waals surface area contributed by atoms with Crippen LogP contribution in [-0.4, -0.2) is 31.2 Å². The summed E-state index contributed by atoms with van der Waals surface area (Å²) in [6, 6.07) is 9.62. The molecule has 2 aliphatic rings. The topological polar surface area (TPSA) is 35.5 Å². The number of hydrogen-bond donors (Lipinski definition) is 0. The molecule has 2 heterocycles. The zero-order chi connectivity index (χ0) is 13.8. The summed E-state index contributed by atoms with van der Waals surface area (Å²) in [5.74, 6) is 0.717. The molecule has 1 atom stereocenters. The first-order valence-corrected chi connectivity index (χ1v) is 7.57. The van der Waals surface area contributed by atoms with Crippen LogP contribution in [0, 0.1) is 5.92 Å². The van der Waals surface area contributed by atoms with Gasteiger partial charge >= 0.3 is 0 Å². The van der Waals surface area contributed by atoms with Gasteiger partial charge < -0.3 is 9.47 Å². The molecule has 2 saturated heterocycles. The van der Waals surface area contributed by atoms with E-state index in [9.17, 15) is 4.79 Å². The van der Waals surface area contributed by atoms with Crippen LogP contribution in [0.5, 0.6) is 0 Å². The summed E-state index contributed by atoms with van der Waals surface area (Å²) in [7, 11) is 0. The second-order valence-corrected chi connectivity index (χ2v) is 6.00. The molecule has 2 fully saturated rings. The molecule has 0 N–H and O–H groups in total. The van der Waals surface area contributed by atoms with Crippen LogP contribution in [-0.2, 0) is 9.47 Å². The highest BCUT2D eigenvalue weighted by Crippen LogP contribution is 2.38. The lowest BCUT2D eigenvalue weighted by Gasteiger charge is -2.43. The second kappa shape index (κ2) is 6.06. The van der Waals surface area contributed by atoms with Crippen molar-refractivity contribution < 1.29 is 14.3 Å². The molecule has 1 unspecified atom stereocenters. The fraction of sp³-hybridized carbons (Fsp3) is 0.588. The Morgan fingerprint density at radius 2 is 1.90 bits per heavy atom. The van der Waals surface area contributed by atoms with Gasteiger partial charge in [0.25, 0.3) is 0 Å². The molecule has 2 aliphatic heterocycles. The number of hydrogen-bond acceptors (Lipinski definition) is 3. The molecule has 3 nitrogen and oxygen atoms in total. The molecule has 0 aromatic heterocycles. The van der Waals surface area contributed by atoms with Crippen molar-refractivity contribution in [3.63, 3.8) is 0 Å². The first-order valence-electron chi connectivity index (χ1n) is 7.57. The van der Waals surface area contributed by atoms with Crippen LogP contribution in [0.3, 0.4) is 0 Å². The first-order chi connectivity index (χ1) is 9.77. The zero-order valence-electron chi connectivity index (χ0n) is 11.8.